The Labute approximate surface area is 99.9 Å². The molecule has 0 saturated heterocycles. The van der Waals surface area contributed by atoms with Crippen molar-refractivity contribution in [2.75, 3.05) is 37.8 Å². The first-order chi connectivity index (χ1) is 7.51. The van der Waals surface area contributed by atoms with E-state index in [1.54, 1.807) is 4.90 Å². The van der Waals surface area contributed by atoms with E-state index in [1.165, 1.54) is 11.3 Å². The number of thiazole rings is 1. The van der Waals surface area contributed by atoms with Crippen LogP contribution in [0.2, 0.25) is 0 Å². The molecular formula is C10H18N4OS. The number of nitrogens with zero attached hydrogens (tertiary/aromatic N) is 3. The van der Waals surface area contributed by atoms with Crippen molar-refractivity contribution in [1.29, 1.82) is 0 Å². The summed E-state index contributed by atoms with van der Waals surface area (Å²) in [5.41, 5.74) is 5.75. The highest BCUT2D eigenvalue weighted by Crippen LogP contribution is 2.27. The molecule has 0 spiro atoms. The molecular weight excluding hydrogens is 224 g/mol. The summed E-state index contributed by atoms with van der Waals surface area (Å²) in [5, 5.41) is 0.757. The molecule has 1 heterocycles. The molecule has 6 heteroatoms. The fraction of sp³-hybridized carbons (Fsp3) is 0.600. The molecule has 16 heavy (non-hydrogen) atoms. The first-order valence-corrected chi connectivity index (χ1v) is 6.05. The summed E-state index contributed by atoms with van der Waals surface area (Å²) in [4.78, 5) is 20.3. The summed E-state index contributed by atoms with van der Waals surface area (Å²) in [6.07, 6.45) is 0. The molecule has 1 amide bonds. The number of nitrogens with two attached hydrogens (primary N) is 1. The Morgan fingerprint density at radius 3 is 2.31 bits per heavy atom. The van der Waals surface area contributed by atoms with Gasteiger partial charge in [-0.25, -0.2) is 4.98 Å². The predicted octanol–water partition coefficient (Wildman–Crippen LogP) is 1.27. The number of hydrogen-bond acceptors (Lipinski definition) is 5. The minimum atomic E-state index is -0.0342. The Balaban J connectivity index is 2.99. The number of carbonyl (C=O) groups is 1. The van der Waals surface area contributed by atoms with Crippen LogP contribution < -0.4 is 10.6 Å². The van der Waals surface area contributed by atoms with Gasteiger partial charge in [0.1, 0.15) is 10.7 Å². The Bertz CT molecular complexity index is 371. The van der Waals surface area contributed by atoms with Crippen molar-refractivity contribution < 1.29 is 4.79 Å². The topological polar surface area (TPSA) is 62.5 Å². The second-order valence-corrected chi connectivity index (χ2v) is 4.56. The fourth-order valence-corrected chi connectivity index (χ4v) is 2.19. The van der Waals surface area contributed by atoms with Gasteiger partial charge in [0.25, 0.3) is 5.91 Å². The summed E-state index contributed by atoms with van der Waals surface area (Å²) in [6.45, 7) is 5.27. The second kappa shape index (κ2) is 5.16. The first-order valence-electron chi connectivity index (χ1n) is 5.24. The maximum Gasteiger partial charge on any atom is 0.267 e. The Morgan fingerprint density at radius 2 is 1.94 bits per heavy atom. The average Bonchev–Trinajstić information content (AvgIpc) is 2.62. The number of hydrogen-bond donors (Lipinski definition) is 1. The van der Waals surface area contributed by atoms with E-state index in [1.807, 2.05) is 32.8 Å². The van der Waals surface area contributed by atoms with E-state index in [0.29, 0.717) is 23.8 Å². The molecule has 0 aliphatic heterocycles. The summed E-state index contributed by atoms with van der Waals surface area (Å²) in [6, 6.07) is 0. The molecule has 0 aliphatic carbocycles. The number of nitrogen functional groups attached to an aromatic ring is 1. The molecule has 0 atom stereocenters. The molecule has 5 nitrogen and oxygen atoms in total. The third-order valence-corrected chi connectivity index (χ3v) is 3.50. The number of rotatable bonds is 4. The number of anilines is 2. The zero-order valence-corrected chi connectivity index (χ0v) is 11.0. The lowest BCUT2D eigenvalue weighted by atomic mass is 10.4. The first kappa shape index (κ1) is 12.8. The molecule has 0 fully saturated rings. The maximum atomic E-state index is 12.1. The SMILES string of the molecule is CCN(CC)C(=O)c1sc(N(C)C)nc1N. The van der Waals surface area contributed by atoms with Crippen LogP contribution in [0.5, 0.6) is 0 Å². The molecule has 0 radical (unpaired) electrons. The van der Waals surface area contributed by atoms with E-state index in [4.69, 9.17) is 5.73 Å². The minimum absolute atomic E-state index is 0.0342. The van der Waals surface area contributed by atoms with E-state index in [2.05, 4.69) is 4.98 Å². The van der Waals surface area contributed by atoms with Gasteiger partial charge in [-0.3, -0.25) is 4.79 Å². The van der Waals surface area contributed by atoms with Gasteiger partial charge in [-0.15, -0.1) is 0 Å². The van der Waals surface area contributed by atoms with Crippen molar-refractivity contribution >= 4 is 28.2 Å². The Kier molecular flexibility index (Phi) is 4.12. The molecule has 90 valence electrons. The average molecular weight is 242 g/mol. The maximum absolute atomic E-state index is 12.1. The van der Waals surface area contributed by atoms with Crippen LogP contribution in [-0.2, 0) is 0 Å². The molecule has 1 aromatic heterocycles. The molecule has 1 rings (SSSR count). The van der Waals surface area contributed by atoms with E-state index < -0.39 is 0 Å². The lowest BCUT2D eigenvalue weighted by Gasteiger charge is -2.17. The van der Waals surface area contributed by atoms with Gasteiger partial charge in [0.05, 0.1) is 0 Å². The smallest absolute Gasteiger partial charge is 0.267 e. The van der Waals surface area contributed by atoms with Crippen LogP contribution in [-0.4, -0.2) is 43.0 Å². The van der Waals surface area contributed by atoms with Crippen LogP contribution in [0.15, 0.2) is 0 Å². The quantitative estimate of drug-likeness (QED) is 0.863. The Morgan fingerprint density at radius 1 is 1.38 bits per heavy atom. The zero-order valence-electron chi connectivity index (χ0n) is 10.1. The largest absolute Gasteiger partial charge is 0.382 e. The van der Waals surface area contributed by atoms with Crippen LogP contribution in [0.3, 0.4) is 0 Å². The predicted molar refractivity (Wildman–Crippen MR) is 68.1 cm³/mol. The fourth-order valence-electron chi connectivity index (χ4n) is 1.32. The van der Waals surface area contributed by atoms with E-state index in [-0.39, 0.29) is 5.91 Å². The molecule has 0 saturated carbocycles. The highest BCUT2D eigenvalue weighted by atomic mass is 32.1. The minimum Gasteiger partial charge on any atom is -0.382 e. The lowest BCUT2D eigenvalue weighted by Crippen LogP contribution is -2.30. The number of aromatic nitrogens is 1. The van der Waals surface area contributed by atoms with Crippen LogP contribution in [0.25, 0.3) is 0 Å². The van der Waals surface area contributed by atoms with Gasteiger partial charge in [-0.1, -0.05) is 11.3 Å². The molecule has 2 N–H and O–H groups in total. The van der Waals surface area contributed by atoms with Crippen LogP contribution >= 0.6 is 11.3 Å². The van der Waals surface area contributed by atoms with Crippen LogP contribution in [0.1, 0.15) is 23.5 Å². The standard InChI is InChI=1S/C10H18N4OS/c1-5-14(6-2)9(15)7-8(11)12-10(16-7)13(3)4/h5-6,11H2,1-4H3. The number of carbonyl (C=O) groups excluding carboxylic acids is 1. The van der Waals surface area contributed by atoms with Crippen molar-refractivity contribution in [2.45, 2.75) is 13.8 Å². The summed E-state index contributed by atoms with van der Waals surface area (Å²) in [5.74, 6) is 0.290. The van der Waals surface area contributed by atoms with Crippen LogP contribution in [0.4, 0.5) is 10.9 Å². The van der Waals surface area contributed by atoms with Gasteiger partial charge in [0, 0.05) is 27.2 Å². The summed E-state index contributed by atoms with van der Waals surface area (Å²) < 4.78 is 0. The molecule has 0 bridgehead atoms. The van der Waals surface area contributed by atoms with Gasteiger partial charge in [-0.2, -0.15) is 0 Å². The van der Waals surface area contributed by atoms with E-state index >= 15 is 0 Å². The van der Waals surface area contributed by atoms with Gasteiger partial charge in [0.15, 0.2) is 5.13 Å². The normalized spacial score (nSPS) is 10.2. The molecule has 0 aliphatic rings. The second-order valence-electron chi connectivity index (χ2n) is 3.58. The summed E-state index contributed by atoms with van der Waals surface area (Å²) in [7, 11) is 3.76. The van der Waals surface area contributed by atoms with Crippen molar-refractivity contribution in [1.82, 2.24) is 9.88 Å². The third-order valence-electron chi connectivity index (χ3n) is 2.27. The van der Waals surface area contributed by atoms with Crippen molar-refractivity contribution in [3.05, 3.63) is 4.88 Å². The van der Waals surface area contributed by atoms with E-state index in [9.17, 15) is 4.79 Å². The van der Waals surface area contributed by atoms with Crippen LogP contribution in [0, 0.1) is 0 Å². The zero-order chi connectivity index (χ0) is 12.3. The molecule has 0 unspecified atom stereocenters. The van der Waals surface area contributed by atoms with Gasteiger partial charge < -0.3 is 15.5 Å². The number of amides is 1. The van der Waals surface area contributed by atoms with Gasteiger partial charge in [-0.05, 0) is 13.8 Å². The van der Waals surface area contributed by atoms with Gasteiger partial charge in [0.2, 0.25) is 0 Å². The highest BCUT2D eigenvalue weighted by Gasteiger charge is 2.20. The molecule has 1 aromatic rings. The molecule has 0 aromatic carbocycles. The summed E-state index contributed by atoms with van der Waals surface area (Å²) >= 11 is 1.33. The van der Waals surface area contributed by atoms with Gasteiger partial charge >= 0.3 is 0 Å². The Hall–Kier alpha value is -1.30. The highest BCUT2D eigenvalue weighted by molar-refractivity contribution is 7.18. The lowest BCUT2D eigenvalue weighted by molar-refractivity contribution is 0.0778. The third kappa shape index (κ3) is 2.44. The monoisotopic (exact) mass is 242 g/mol. The van der Waals surface area contributed by atoms with Crippen molar-refractivity contribution in [3.8, 4) is 0 Å². The van der Waals surface area contributed by atoms with E-state index in [0.717, 1.165) is 5.13 Å². The van der Waals surface area contributed by atoms with Crippen molar-refractivity contribution in [2.24, 2.45) is 0 Å². The van der Waals surface area contributed by atoms with Crippen molar-refractivity contribution in [3.63, 3.8) is 0 Å².